The maximum Gasteiger partial charge on any atom is 0.350 e. The van der Waals surface area contributed by atoms with Gasteiger partial charge in [0.15, 0.2) is 0 Å². The van der Waals surface area contributed by atoms with Gasteiger partial charge in [-0.05, 0) is 68.6 Å². The fourth-order valence-electron chi connectivity index (χ4n) is 4.04. The van der Waals surface area contributed by atoms with Gasteiger partial charge < -0.3 is 0 Å². The molecule has 0 amide bonds. The summed E-state index contributed by atoms with van der Waals surface area (Å²) >= 11 is 3.43. The van der Waals surface area contributed by atoms with Crippen molar-refractivity contribution in [2.24, 2.45) is 5.92 Å². The number of benzene rings is 2. The molecule has 0 spiro atoms. The highest BCUT2D eigenvalue weighted by Gasteiger charge is 2.21. The predicted molar refractivity (Wildman–Crippen MR) is 125 cm³/mol. The van der Waals surface area contributed by atoms with Crippen LogP contribution in [-0.4, -0.2) is 38.9 Å². The molecule has 0 bridgehead atoms. The molecule has 3 aromatic rings. The van der Waals surface area contributed by atoms with E-state index in [1.165, 1.54) is 11.1 Å². The highest BCUT2D eigenvalue weighted by Crippen LogP contribution is 2.20. The summed E-state index contributed by atoms with van der Waals surface area (Å²) in [5.74, 6) is 0.491. The molecule has 0 radical (unpaired) electrons. The molecule has 0 N–H and O–H groups in total. The number of nitrogens with zero attached hydrogens (tertiary/aromatic N) is 4. The number of hydrogen-bond acceptors (Lipinski definition) is 3. The van der Waals surface area contributed by atoms with Crippen LogP contribution in [0.3, 0.4) is 0 Å². The first-order valence-corrected chi connectivity index (χ1v) is 11.2. The number of rotatable bonds is 6. The van der Waals surface area contributed by atoms with Crippen molar-refractivity contribution in [3.05, 3.63) is 87.0 Å². The van der Waals surface area contributed by atoms with Crippen LogP contribution < -0.4 is 5.69 Å². The molecule has 4 rings (SSSR count). The Hall–Kier alpha value is -2.44. The maximum atomic E-state index is 12.7. The van der Waals surface area contributed by atoms with Crippen molar-refractivity contribution in [3.63, 3.8) is 0 Å². The van der Waals surface area contributed by atoms with Crippen LogP contribution in [0.2, 0.25) is 0 Å². The number of hydrogen-bond donors (Lipinski definition) is 0. The first kappa shape index (κ1) is 20.8. The summed E-state index contributed by atoms with van der Waals surface area (Å²) in [5.41, 5.74) is 3.40. The summed E-state index contributed by atoms with van der Waals surface area (Å²) in [5, 5.41) is 4.36. The topological polar surface area (TPSA) is 43.1 Å². The van der Waals surface area contributed by atoms with Crippen LogP contribution in [0.5, 0.6) is 0 Å². The van der Waals surface area contributed by atoms with E-state index in [1.54, 1.807) is 15.6 Å². The molecular weight excluding hydrogens is 440 g/mol. The summed E-state index contributed by atoms with van der Waals surface area (Å²) in [7, 11) is 0. The smallest absolute Gasteiger partial charge is 0.299 e. The molecule has 0 unspecified atom stereocenters. The third kappa shape index (κ3) is 5.18. The second kappa shape index (κ2) is 9.58. The minimum atomic E-state index is -0.0682. The fourth-order valence-corrected chi connectivity index (χ4v) is 4.31. The van der Waals surface area contributed by atoms with Crippen LogP contribution in [0.15, 0.2) is 75.8 Å². The molecule has 156 valence electrons. The lowest BCUT2D eigenvalue weighted by Gasteiger charge is -2.31. The molecule has 30 heavy (non-hydrogen) atoms. The highest BCUT2D eigenvalue weighted by molar-refractivity contribution is 9.10. The zero-order valence-electron chi connectivity index (χ0n) is 17.2. The van der Waals surface area contributed by atoms with E-state index < -0.39 is 0 Å². The molecule has 0 aliphatic carbocycles. The molecule has 0 atom stereocenters. The molecule has 2 aromatic carbocycles. The number of likely N-dealkylation sites (tertiary alicyclic amines) is 1. The summed E-state index contributed by atoms with van der Waals surface area (Å²) in [6.45, 7) is 6.02. The minimum absolute atomic E-state index is 0.0682. The number of aromatic nitrogens is 3. The fraction of sp³-hybridized carbons (Fsp3) is 0.333. The molecule has 1 aromatic heterocycles. The summed E-state index contributed by atoms with van der Waals surface area (Å²) in [6.07, 6.45) is 6.07. The Kier molecular flexibility index (Phi) is 6.65. The van der Waals surface area contributed by atoms with Crippen molar-refractivity contribution in [1.82, 2.24) is 19.2 Å². The normalized spacial score (nSPS) is 16.1. The molecule has 1 aliphatic heterocycles. The quantitative estimate of drug-likeness (QED) is 0.532. The maximum absolute atomic E-state index is 12.7. The van der Waals surface area contributed by atoms with Gasteiger partial charge in [0.1, 0.15) is 6.33 Å². The van der Waals surface area contributed by atoms with Gasteiger partial charge in [0.05, 0.1) is 5.69 Å². The van der Waals surface area contributed by atoms with E-state index in [9.17, 15) is 4.79 Å². The lowest BCUT2D eigenvalue weighted by Crippen LogP contribution is -2.37. The van der Waals surface area contributed by atoms with E-state index in [0.717, 1.165) is 42.6 Å². The molecule has 1 fully saturated rings. The van der Waals surface area contributed by atoms with Crippen LogP contribution in [0.1, 0.15) is 25.3 Å². The van der Waals surface area contributed by atoms with Crippen molar-refractivity contribution in [2.75, 3.05) is 19.6 Å². The van der Waals surface area contributed by atoms with Gasteiger partial charge >= 0.3 is 5.69 Å². The second-order valence-corrected chi connectivity index (χ2v) is 8.98. The van der Waals surface area contributed by atoms with Gasteiger partial charge in [-0.2, -0.15) is 5.10 Å². The summed E-state index contributed by atoms with van der Waals surface area (Å²) in [6, 6.07) is 18.2. The monoisotopic (exact) mass is 466 g/mol. The average molecular weight is 467 g/mol. The third-order valence-corrected chi connectivity index (χ3v) is 6.19. The van der Waals surface area contributed by atoms with Gasteiger partial charge in [0.2, 0.25) is 0 Å². The predicted octanol–water partition coefficient (Wildman–Crippen LogP) is 4.61. The van der Waals surface area contributed by atoms with Crippen molar-refractivity contribution in [2.45, 2.75) is 26.3 Å². The van der Waals surface area contributed by atoms with Gasteiger partial charge in [-0.15, -0.1) is 0 Å². The largest absolute Gasteiger partial charge is 0.350 e. The Morgan fingerprint density at radius 1 is 1.10 bits per heavy atom. The molecule has 1 saturated heterocycles. The Morgan fingerprint density at radius 3 is 2.50 bits per heavy atom. The number of piperidine rings is 1. The molecule has 5 nitrogen and oxygen atoms in total. The van der Waals surface area contributed by atoms with Crippen LogP contribution in [0.25, 0.3) is 11.8 Å². The molecular formula is C24H27BrN4O. The van der Waals surface area contributed by atoms with Crippen LogP contribution in [-0.2, 0) is 6.54 Å². The van der Waals surface area contributed by atoms with E-state index >= 15 is 0 Å². The van der Waals surface area contributed by atoms with Crippen molar-refractivity contribution in [3.8, 4) is 5.69 Å². The standard InChI is InChI=1S/C24H27BrN4O/c1-19(15-20-5-3-2-4-6-20)16-27-13-11-21(12-14-27)17-29-24(30)28(18-26-29)23-9-7-22(25)8-10-23/h2-10,15,18,21H,11-14,16-17H2,1H3/b19-15+. The van der Waals surface area contributed by atoms with Crippen LogP contribution in [0, 0.1) is 5.92 Å². The highest BCUT2D eigenvalue weighted by atomic mass is 79.9. The first-order chi connectivity index (χ1) is 14.6. The molecule has 1 aliphatic rings. The van der Waals surface area contributed by atoms with Gasteiger partial charge in [-0.25, -0.2) is 14.0 Å². The van der Waals surface area contributed by atoms with Crippen molar-refractivity contribution >= 4 is 22.0 Å². The van der Waals surface area contributed by atoms with Gasteiger partial charge in [-0.3, -0.25) is 4.90 Å². The lowest BCUT2D eigenvalue weighted by molar-refractivity contribution is 0.181. The zero-order valence-corrected chi connectivity index (χ0v) is 18.8. The Labute approximate surface area is 185 Å². The van der Waals surface area contributed by atoms with E-state index in [2.05, 4.69) is 63.2 Å². The van der Waals surface area contributed by atoms with Crippen molar-refractivity contribution < 1.29 is 0 Å². The van der Waals surface area contributed by atoms with Gasteiger partial charge in [-0.1, -0.05) is 57.9 Å². The summed E-state index contributed by atoms with van der Waals surface area (Å²) < 4.78 is 4.22. The molecule has 6 heteroatoms. The Morgan fingerprint density at radius 2 is 1.80 bits per heavy atom. The van der Waals surface area contributed by atoms with E-state index in [0.29, 0.717) is 12.5 Å². The van der Waals surface area contributed by atoms with Gasteiger partial charge in [0.25, 0.3) is 0 Å². The summed E-state index contributed by atoms with van der Waals surface area (Å²) in [4.78, 5) is 15.3. The van der Waals surface area contributed by atoms with Gasteiger partial charge in [0, 0.05) is 17.6 Å². The van der Waals surface area contributed by atoms with E-state index in [1.807, 2.05) is 30.3 Å². The first-order valence-electron chi connectivity index (χ1n) is 10.4. The van der Waals surface area contributed by atoms with Crippen LogP contribution >= 0.6 is 15.9 Å². The zero-order chi connectivity index (χ0) is 20.9. The van der Waals surface area contributed by atoms with Crippen molar-refractivity contribution in [1.29, 1.82) is 0 Å². The molecule has 0 saturated carbocycles. The SMILES string of the molecule is C/C(=C\c1ccccc1)CN1CCC(Cn2ncn(-c3ccc(Br)cc3)c2=O)CC1. The number of halogens is 1. The van der Waals surface area contributed by atoms with E-state index in [-0.39, 0.29) is 5.69 Å². The second-order valence-electron chi connectivity index (χ2n) is 8.06. The minimum Gasteiger partial charge on any atom is -0.299 e. The molecule has 2 heterocycles. The third-order valence-electron chi connectivity index (χ3n) is 5.66. The van der Waals surface area contributed by atoms with Crippen LogP contribution in [0.4, 0.5) is 0 Å². The average Bonchev–Trinajstić information content (AvgIpc) is 3.11. The van der Waals surface area contributed by atoms with E-state index in [4.69, 9.17) is 0 Å². The lowest BCUT2D eigenvalue weighted by atomic mass is 9.96. The Balaban J connectivity index is 1.31. The Bertz CT molecular complexity index is 1040.